The van der Waals surface area contributed by atoms with Crippen molar-refractivity contribution in [2.24, 2.45) is 5.73 Å². The lowest BCUT2D eigenvalue weighted by molar-refractivity contribution is -0.137. The fraction of sp³-hybridized carbons (Fsp3) is 0.455. The van der Waals surface area contributed by atoms with Gasteiger partial charge in [-0.05, 0) is 31.2 Å². The second-order valence-corrected chi connectivity index (χ2v) is 6.13. The molecule has 0 radical (unpaired) electrons. The Morgan fingerprint density at radius 2 is 1.70 bits per heavy atom. The van der Waals surface area contributed by atoms with Gasteiger partial charge in [0.1, 0.15) is 0 Å². The third-order valence-corrected chi connectivity index (χ3v) is 4.81. The Hall–Kier alpha value is -0.830. The lowest BCUT2D eigenvalue weighted by Crippen LogP contribution is -2.39. The van der Waals surface area contributed by atoms with Crippen molar-refractivity contribution in [1.29, 1.82) is 0 Å². The topological polar surface area (TPSA) is 63.4 Å². The lowest BCUT2D eigenvalue weighted by atomic mass is 10.2. The molecule has 1 rings (SSSR count). The number of nitrogens with zero attached hydrogens (tertiary/aromatic N) is 1. The van der Waals surface area contributed by atoms with Gasteiger partial charge in [-0.3, -0.25) is 0 Å². The molecule has 0 saturated heterocycles. The molecule has 1 aromatic rings. The van der Waals surface area contributed by atoms with E-state index in [1.54, 1.807) is 6.92 Å². The maximum Gasteiger partial charge on any atom is 0.416 e. The molecule has 0 fully saturated rings. The van der Waals surface area contributed by atoms with Crippen LogP contribution in [-0.2, 0) is 16.2 Å². The SMILES string of the molecule is CC(CN)N(C)S(=O)(=O)c1ccc(C(F)(F)F)cc1.Cl. The number of halogens is 4. The van der Waals surface area contributed by atoms with Gasteiger partial charge in [-0.2, -0.15) is 17.5 Å². The van der Waals surface area contributed by atoms with E-state index in [2.05, 4.69) is 0 Å². The Balaban J connectivity index is 0.00000361. The molecule has 1 atom stereocenters. The van der Waals surface area contributed by atoms with Gasteiger partial charge in [0.2, 0.25) is 10.0 Å². The predicted molar refractivity (Wildman–Crippen MR) is 72.2 cm³/mol. The van der Waals surface area contributed by atoms with E-state index >= 15 is 0 Å². The van der Waals surface area contributed by atoms with E-state index in [0.717, 1.165) is 28.6 Å². The molecular formula is C11H16ClF3N2O2S. The maximum absolute atomic E-state index is 12.4. The van der Waals surface area contributed by atoms with Gasteiger partial charge in [-0.15, -0.1) is 12.4 Å². The smallest absolute Gasteiger partial charge is 0.329 e. The van der Waals surface area contributed by atoms with Gasteiger partial charge in [-0.1, -0.05) is 0 Å². The second kappa shape index (κ2) is 6.75. The van der Waals surface area contributed by atoms with Crippen LogP contribution < -0.4 is 5.73 Å². The highest BCUT2D eigenvalue weighted by Gasteiger charge is 2.31. The molecule has 2 N–H and O–H groups in total. The van der Waals surface area contributed by atoms with Crippen molar-refractivity contribution in [2.75, 3.05) is 13.6 Å². The molecule has 0 aliphatic carbocycles. The summed E-state index contributed by atoms with van der Waals surface area (Å²) >= 11 is 0. The summed E-state index contributed by atoms with van der Waals surface area (Å²) in [6, 6.07) is 2.93. The summed E-state index contributed by atoms with van der Waals surface area (Å²) in [6.45, 7) is 1.73. The maximum atomic E-state index is 12.4. The monoisotopic (exact) mass is 332 g/mol. The van der Waals surface area contributed by atoms with E-state index in [1.165, 1.54) is 7.05 Å². The van der Waals surface area contributed by atoms with Crippen LogP contribution in [0.5, 0.6) is 0 Å². The Morgan fingerprint density at radius 1 is 1.25 bits per heavy atom. The summed E-state index contributed by atoms with van der Waals surface area (Å²) in [7, 11) is -2.49. The van der Waals surface area contributed by atoms with E-state index in [4.69, 9.17) is 5.73 Å². The fourth-order valence-electron chi connectivity index (χ4n) is 1.37. The second-order valence-electron chi connectivity index (χ2n) is 4.13. The van der Waals surface area contributed by atoms with Gasteiger partial charge in [-0.25, -0.2) is 8.42 Å². The quantitative estimate of drug-likeness (QED) is 0.918. The van der Waals surface area contributed by atoms with E-state index in [0.29, 0.717) is 0 Å². The number of hydrogen-bond donors (Lipinski definition) is 1. The Bertz CT molecular complexity index is 532. The van der Waals surface area contributed by atoms with Gasteiger partial charge in [0.25, 0.3) is 0 Å². The van der Waals surface area contributed by atoms with Crippen LogP contribution in [-0.4, -0.2) is 32.4 Å². The van der Waals surface area contributed by atoms with Crippen LogP contribution >= 0.6 is 12.4 Å². The summed E-state index contributed by atoms with van der Waals surface area (Å²) < 4.78 is 62.3. The molecule has 0 spiro atoms. The first-order chi connectivity index (χ1) is 8.60. The molecule has 0 aliphatic heterocycles. The van der Waals surface area contributed by atoms with Crippen LogP contribution in [0.25, 0.3) is 0 Å². The molecule has 0 aromatic heterocycles. The molecule has 1 unspecified atom stereocenters. The molecule has 1 aromatic carbocycles. The molecule has 0 heterocycles. The van der Waals surface area contributed by atoms with Crippen molar-refractivity contribution < 1.29 is 21.6 Å². The van der Waals surface area contributed by atoms with Gasteiger partial charge in [0, 0.05) is 19.6 Å². The molecule has 0 aliphatic rings. The first-order valence-electron chi connectivity index (χ1n) is 5.46. The van der Waals surface area contributed by atoms with E-state index in [9.17, 15) is 21.6 Å². The summed E-state index contributed by atoms with van der Waals surface area (Å²) in [5.74, 6) is 0. The van der Waals surface area contributed by atoms with Crippen LogP contribution in [0.2, 0.25) is 0 Å². The number of likely N-dealkylation sites (N-methyl/N-ethyl adjacent to an activating group) is 1. The van der Waals surface area contributed by atoms with Gasteiger partial charge in [0.05, 0.1) is 10.5 Å². The normalized spacial score (nSPS) is 13.9. The number of sulfonamides is 1. The average Bonchev–Trinajstić information content (AvgIpc) is 2.36. The minimum atomic E-state index is -4.49. The van der Waals surface area contributed by atoms with Crippen molar-refractivity contribution in [3.05, 3.63) is 29.8 Å². The number of hydrogen-bond acceptors (Lipinski definition) is 3. The summed E-state index contributed by atoms with van der Waals surface area (Å²) in [6.07, 6.45) is -4.49. The number of rotatable bonds is 4. The van der Waals surface area contributed by atoms with Crippen LogP contribution in [0.4, 0.5) is 13.2 Å². The lowest BCUT2D eigenvalue weighted by Gasteiger charge is -2.23. The van der Waals surface area contributed by atoms with Crippen molar-refractivity contribution in [2.45, 2.75) is 24.0 Å². The van der Waals surface area contributed by atoms with Crippen LogP contribution in [0.3, 0.4) is 0 Å². The first kappa shape index (κ1) is 19.2. The van der Waals surface area contributed by atoms with Crippen LogP contribution in [0.1, 0.15) is 12.5 Å². The van der Waals surface area contributed by atoms with E-state index in [-0.39, 0.29) is 23.8 Å². The number of nitrogens with two attached hydrogens (primary N) is 1. The summed E-state index contributed by atoms with van der Waals surface area (Å²) in [4.78, 5) is -0.191. The molecular weight excluding hydrogens is 317 g/mol. The predicted octanol–water partition coefficient (Wildman–Crippen LogP) is 2.09. The highest BCUT2D eigenvalue weighted by Crippen LogP contribution is 2.30. The van der Waals surface area contributed by atoms with E-state index < -0.39 is 27.8 Å². The summed E-state index contributed by atoms with van der Waals surface area (Å²) in [5.41, 5.74) is 4.49. The number of benzene rings is 1. The summed E-state index contributed by atoms with van der Waals surface area (Å²) in [5, 5.41) is 0. The standard InChI is InChI=1S/C11H15F3N2O2S.ClH/c1-8(7-15)16(2)19(17,18)10-5-3-9(4-6-10)11(12,13)14;/h3-6,8H,7,15H2,1-2H3;1H. The zero-order valence-corrected chi connectivity index (χ0v) is 12.5. The Morgan fingerprint density at radius 3 is 2.05 bits per heavy atom. The largest absolute Gasteiger partial charge is 0.416 e. The zero-order chi connectivity index (χ0) is 14.8. The average molecular weight is 333 g/mol. The molecule has 20 heavy (non-hydrogen) atoms. The molecule has 116 valence electrons. The van der Waals surface area contributed by atoms with E-state index in [1.807, 2.05) is 0 Å². The van der Waals surface area contributed by atoms with Crippen molar-refractivity contribution in [3.8, 4) is 0 Å². The first-order valence-corrected chi connectivity index (χ1v) is 6.90. The molecule has 4 nitrogen and oxygen atoms in total. The molecule has 0 bridgehead atoms. The number of alkyl halides is 3. The zero-order valence-electron chi connectivity index (χ0n) is 10.9. The Kier molecular flexibility index (Phi) is 6.47. The van der Waals surface area contributed by atoms with Crippen LogP contribution in [0, 0.1) is 0 Å². The highest BCUT2D eigenvalue weighted by molar-refractivity contribution is 7.89. The van der Waals surface area contributed by atoms with Crippen molar-refractivity contribution in [3.63, 3.8) is 0 Å². The molecule has 0 saturated carbocycles. The molecule has 0 amide bonds. The minimum absolute atomic E-state index is 0. The minimum Gasteiger partial charge on any atom is -0.329 e. The fourth-order valence-corrected chi connectivity index (χ4v) is 2.74. The van der Waals surface area contributed by atoms with Gasteiger partial charge in [0.15, 0.2) is 0 Å². The van der Waals surface area contributed by atoms with Gasteiger partial charge < -0.3 is 5.73 Å². The van der Waals surface area contributed by atoms with Crippen molar-refractivity contribution in [1.82, 2.24) is 4.31 Å². The third kappa shape index (κ3) is 4.08. The van der Waals surface area contributed by atoms with Gasteiger partial charge >= 0.3 is 6.18 Å². The van der Waals surface area contributed by atoms with Crippen molar-refractivity contribution >= 4 is 22.4 Å². The molecule has 9 heteroatoms. The third-order valence-electron chi connectivity index (χ3n) is 2.82. The highest BCUT2D eigenvalue weighted by atomic mass is 35.5. The Labute approximate surface area is 122 Å². The van der Waals surface area contributed by atoms with Crippen LogP contribution in [0.15, 0.2) is 29.2 Å².